The van der Waals surface area contributed by atoms with E-state index in [9.17, 15) is 22.4 Å². The van der Waals surface area contributed by atoms with Crippen molar-refractivity contribution in [1.82, 2.24) is 10.2 Å². The standard InChI is InChI=1S/C36H36Cl2FN3O6S/c1-3-24(2)40-36(44)32(19-25-7-5-4-6-8-25)41(22-26-9-10-27(37)20-31(26)38)35(43)23-42(29-13-11-28(39)12-14-29)49(45,46)30-15-16-33-34(21-30)48-18-17-47-33/h4-16,20-21,24,32H,3,17-19,22-23H2,1-2H3,(H,40,44)/t24-,32-/m1/s1. The minimum atomic E-state index is -4.46. The van der Waals surface area contributed by atoms with E-state index in [4.69, 9.17) is 32.7 Å². The van der Waals surface area contributed by atoms with Gasteiger partial charge in [-0.05, 0) is 73.0 Å². The highest BCUT2D eigenvalue weighted by atomic mass is 35.5. The van der Waals surface area contributed by atoms with Gasteiger partial charge in [0, 0.05) is 35.1 Å². The van der Waals surface area contributed by atoms with Crippen molar-refractivity contribution < 1.29 is 31.9 Å². The normalized spacial score (nSPS) is 13.7. The van der Waals surface area contributed by atoms with Crippen LogP contribution in [0.5, 0.6) is 11.5 Å². The van der Waals surface area contributed by atoms with Crippen molar-refractivity contribution in [2.45, 2.75) is 50.2 Å². The molecule has 0 aromatic heterocycles. The van der Waals surface area contributed by atoms with E-state index in [2.05, 4.69) is 5.32 Å². The largest absolute Gasteiger partial charge is 0.486 e. The van der Waals surface area contributed by atoms with Gasteiger partial charge in [0.05, 0.1) is 10.6 Å². The molecule has 0 spiro atoms. The lowest BCUT2D eigenvalue weighted by Gasteiger charge is -2.34. The summed E-state index contributed by atoms with van der Waals surface area (Å²) in [5, 5.41) is 3.64. The predicted molar refractivity (Wildman–Crippen MR) is 187 cm³/mol. The molecular weight excluding hydrogens is 692 g/mol. The van der Waals surface area contributed by atoms with E-state index in [1.165, 1.54) is 41.3 Å². The molecule has 0 saturated heterocycles. The molecule has 258 valence electrons. The zero-order valence-corrected chi connectivity index (χ0v) is 29.3. The number of sulfonamides is 1. The quantitative estimate of drug-likeness (QED) is 0.165. The predicted octanol–water partition coefficient (Wildman–Crippen LogP) is 6.65. The van der Waals surface area contributed by atoms with E-state index >= 15 is 0 Å². The number of fused-ring (bicyclic) bond motifs is 1. The number of nitrogens with zero attached hydrogens (tertiary/aromatic N) is 2. The third-order valence-electron chi connectivity index (χ3n) is 8.12. The van der Waals surface area contributed by atoms with Gasteiger partial charge in [-0.2, -0.15) is 0 Å². The van der Waals surface area contributed by atoms with Gasteiger partial charge in [0.2, 0.25) is 11.8 Å². The Morgan fingerprint density at radius 2 is 1.61 bits per heavy atom. The molecule has 0 radical (unpaired) electrons. The second-order valence-electron chi connectivity index (χ2n) is 11.6. The molecule has 0 bridgehead atoms. The minimum absolute atomic E-state index is 0.0396. The molecule has 1 heterocycles. The van der Waals surface area contributed by atoms with Crippen molar-refractivity contribution in [2.24, 2.45) is 0 Å². The Morgan fingerprint density at radius 1 is 0.918 bits per heavy atom. The summed E-state index contributed by atoms with van der Waals surface area (Å²) in [7, 11) is -4.46. The molecule has 1 N–H and O–H groups in total. The van der Waals surface area contributed by atoms with Crippen molar-refractivity contribution in [3.05, 3.63) is 118 Å². The van der Waals surface area contributed by atoms with Crippen molar-refractivity contribution in [2.75, 3.05) is 24.1 Å². The number of hydrogen-bond donors (Lipinski definition) is 1. The third-order valence-corrected chi connectivity index (χ3v) is 10.5. The summed E-state index contributed by atoms with van der Waals surface area (Å²) in [5.74, 6) is -1.08. The van der Waals surface area contributed by atoms with Crippen LogP contribution >= 0.6 is 23.2 Å². The monoisotopic (exact) mass is 727 g/mol. The Bertz CT molecular complexity index is 1900. The van der Waals surface area contributed by atoms with Crippen LogP contribution in [0.1, 0.15) is 31.4 Å². The van der Waals surface area contributed by atoms with Crippen LogP contribution in [-0.2, 0) is 32.6 Å². The number of ether oxygens (including phenoxy) is 2. The van der Waals surface area contributed by atoms with Gasteiger partial charge in [-0.1, -0.05) is 66.5 Å². The first-order valence-corrected chi connectivity index (χ1v) is 17.9. The first kappa shape index (κ1) is 36.0. The lowest BCUT2D eigenvalue weighted by molar-refractivity contribution is -0.140. The van der Waals surface area contributed by atoms with Crippen LogP contribution in [-0.4, -0.2) is 57.0 Å². The second-order valence-corrected chi connectivity index (χ2v) is 14.3. The molecule has 0 saturated carbocycles. The Labute approximate surface area is 295 Å². The van der Waals surface area contributed by atoms with Gasteiger partial charge in [0.15, 0.2) is 11.5 Å². The van der Waals surface area contributed by atoms with Crippen molar-refractivity contribution in [1.29, 1.82) is 0 Å². The number of anilines is 1. The third kappa shape index (κ3) is 8.83. The zero-order chi connectivity index (χ0) is 35.1. The summed E-state index contributed by atoms with van der Waals surface area (Å²) in [6, 6.07) is 21.7. The topological polar surface area (TPSA) is 105 Å². The van der Waals surface area contributed by atoms with E-state index in [0.29, 0.717) is 29.4 Å². The molecule has 2 amide bonds. The molecule has 4 aromatic carbocycles. The summed E-state index contributed by atoms with van der Waals surface area (Å²) in [5.41, 5.74) is 1.32. The SMILES string of the molecule is CC[C@@H](C)NC(=O)[C@@H](Cc1ccccc1)N(Cc1ccc(Cl)cc1Cl)C(=O)CN(c1ccc(F)cc1)S(=O)(=O)c1ccc2c(c1)OCCO2. The van der Waals surface area contributed by atoms with Gasteiger partial charge in [0.1, 0.15) is 31.6 Å². The maximum absolute atomic E-state index is 14.6. The molecule has 4 aromatic rings. The highest BCUT2D eigenvalue weighted by Crippen LogP contribution is 2.34. The Balaban J connectivity index is 1.59. The van der Waals surface area contributed by atoms with Gasteiger partial charge in [0.25, 0.3) is 10.0 Å². The summed E-state index contributed by atoms with van der Waals surface area (Å²) in [4.78, 5) is 29.8. The molecule has 0 aliphatic carbocycles. The molecule has 13 heteroatoms. The molecular formula is C36H36Cl2FN3O6S. The average Bonchev–Trinajstić information content (AvgIpc) is 3.10. The first-order chi connectivity index (χ1) is 23.5. The van der Waals surface area contributed by atoms with E-state index in [1.807, 2.05) is 44.2 Å². The van der Waals surface area contributed by atoms with Crippen LogP contribution < -0.4 is 19.1 Å². The van der Waals surface area contributed by atoms with Crippen molar-refractivity contribution in [3.8, 4) is 11.5 Å². The number of amides is 2. The van der Waals surface area contributed by atoms with Crippen LogP contribution in [0.3, 0.4) is 0 Å². The molecule has 0 unspecified atom stereocenters. The number of nitrogens with one attached hydrogen (secondary N) is 1. The summed E-state index contributed by atoms with van der Waals surface area (Å²) in [6.45, 7) is 3.47. The number of halogens is 3. The smallest absolute Gasteiger partial charge is 0.264 e. The number of carbonyl (C=O) groups excluding carboxylic acids is 2. The lowest BCUT2D eigenvalue weighted by Crippen LogP contribution is -2.54. The highest BCUT2D eigenvalue weighted by Gasteiger charge is 2.35. The summed E-state index contributed by atoms with van der Waals surface area (Å²) >= 11 is 12.7. The molecule has 2 atom stereocenters. The average molecular weight is 729 g/mol. The number of carbonyl (C=O) groups is 2. The molecule has 0 fully saturated rings. The maximum Gasteiger partial charge on any atom is 0.264 e. The Kier molecular flexibility index (Phi) is 11.7. The Hall–Kier alpha value is -4.32. The van der Waals surface area contributed by atoms with Gasteiger partial charge in [-0.3, -0.25) is 13.9 Å². The summed E-state index contributed by atoms with van der Waals surface area (Å²) in [6.07, 6.45) is 0.776. The van der Waals surface area contributed by atoms with Gasteiger partial charge in [-0.25, -0.2) is 12.8 Å². The van der Waals surface area contributed by atoms with Crippen LogP contribution in [0, 0.1) is 5.82 Å². The minimum Gasteiger partial charge on any atom is -0.486 e. The highest BCUT2D eigenvalue weighted by molar-refractivity contribution is 7.92. The van der Waals surface area contributed by atoms with Gasteiger partial charge < -0.3 is 19.7 Å². The molecule has 5 rings (SSSR count). The zero-order valence-electron chi connectivity index (χ0n) is 26.9. The lowest BCUT2D eigenvalue weighted by atomic mass is 10.0. The van der Waals surface area contributed by atoms with Crippen LogP contribution in [0.2, 0.25) is 10.0 Å². The van der Waals surface area contributed by atoms with Crippen molar-refractivity contribution in [3.63, 3.8) is 0 Å². The molecule has 49 heavy (non-hydrogen) atoms. The van der Waals surface area contributed by atoms with Gasteiger partial charge >= 0.3 is 0 Å². The number of benzene rings is 4. The fourth-order valence-corrected chi connectivity index (χ4v) is 7.17. The molecule has 9 nitrogen and oxygen atoms in total. The first-order valence-electron chi connectivity index (χ1n) is 15.7. The van der Waals surface area contributed by atoms with E-state index < -0.39 is 40.2 Å². The van der Waals surface area contributed by atoms with Crippen LogP contribution in [0.15, 0.2) is 95.9 Å². The molecule has 1 aliphatic rings. The van der Waals surface area contributed by atoms with Crippen molar-refractivity contribution >= 4 is 50.7 Å². The Morgan fingerprint density at radius 3 is 2.29 bits per heavy atom. The van der Waals surface area contributed by atoms with E-state index in [0.717, 1.165) is 22.0 Å². The fourth-order valence-electron chi connectivity index (χ4n) is 5.28. The summed E-state index contributed by atoms with van der Waals surface area (Å²) < 4.78 is 54.8. The van der Waals surface area contributed by atoms with E-state index in [1.54, 1.807) is 12.1 Å². The number of hydrogen-bond acceptors (Lipinski definition) is 6. The van der Waals surface area contributed by atoms with Gasteiger partial charge in [-0.15, -0.1) is 0 Å². The van der Waals surface area contributed by atoms with Crippen LogP contribution in [0.4, 0.5) is 10.1 Å². The molecule has 1 aliphatic heterocycles. The van der Waals surface area contributed by atoms with Crippen LogP contribution in [0.25, 0.3) is 0 Å². The van der Waals surface area contributed by atoms with E-state index in [-0.39, 0.29) is 47.0 Å². The number of rotatable bonds is 13. The second kappa shape index (κ2) is 15.9. The maximum atomic E-state index is 14.6. The fraction of sp³-hybridized carbons (Fsp3) is 0.278.